The summed E-state index contributed by atoms with van der Waals surface area (Å²) in [5, 5.41) is 18.6. The van der Waals surface area contributed by atoms with Crippen LogP contribution in [0.4, 0.5) is 10.3 Å². The number of halogens is 1. The van der Waals surface area contributed by atoms with Gasteiger partial charge in [-0.05, 0) is 0 Å². The molecule has 19 heavy (non-hydrogen) atoms. The Kier molecular flexibility index (Phi) is 2.72. The molecule has 3 atom stereocenters. The molecule has 0 aliphatic carbocycles. The summed E-state index contributed by atoms with van der Waals surface area (Å²) in [5.41, 5.74) is 5.76. The molecule has 0 radical (unpaired) electrons. The van der Waals surface area contributed by atoms with Crippen LogP contribution in [0.25, 0.3) is 11.2 Å². The van der Waals surface area contributed by atoms with E-state index in [1.807, 2.05) is 0 Å². The van der Waals surface area contributed by atoms with Crippen LogP contribution in [0.15, 0.2) is 6.33 Å². The Hall–Kier alpha value is -2.00. The number of aliphatic hydroxyl groups excluding tert-OH is 1. The van der Waals surface area contributed by atoms with Crippen LogP contribution in [0, 0.1) is 0 Å². The number of rotatable bonds is 2. The van der Waals surface area contributed by atoms with E-state index in [9.17, 15) is 9.50 Å². The molecule has 8 nitrogen and oxygen atoms in total. The Labute approximate surface area is 106 Å². The minimum atomic E-state index is -1.30. The molecule has 1 aliphatic heterocycles. The van der Waals surface area contributed by atoms with Crippen molar-refractivity contribution in [2.45, 2.75) is 24.9 Å². The number of fused-ring (bicyclic) bond motifs is 1. The highest BCUT2D eigenvalue weighted by atomic mass is 19.1. The average Bonchev–Trinajstić information content (AvgIpc) is 2.92. The van der Waals surface area contributed by atoms with E-state index >= 15 is 0 Å². The molecule has 9 heteroatoms. The molecule has 4 N–H and O–H groups in total. The lowest BCUT2D eigenvalue weighted by molar-refractivity contribution is -0.0351. The van der Waals surface area contributed by atoms with Crippen LogP contribution >= 0.6 is 0 Å². The molecule has 0 saturated carbocycles. The molecular weight excluding hydrogens is 257 g/mol. The van der Waals surface area contributed by atoms with E-state index in [1.54, 1.807) is 0 Å². The van der Waals surface area contributed by atoms with E-state index in [0.29, 0.717) is 0 Å². The quantitative estimate of drug-likeness (QED) is 0.686. The number of aromatic nitrogens is 4. The standard InChI is InChI=1S/C10H12FN5O3/c11-5-1-4(2-17)19-9(5)16-3-13-6-7(16)14-10(12)15-8(6)18/h3-5,9,17H,1-2H2,(H3,12,14,15,18)/t4-,5-,9+/m0/s1. The zero-order valence-electron chi connectivity index (χ0n) is 9.77. The zero-order chi connectivity index (χ0) is 13.6. The van der Waals surface area contributed by atoms with Gasteiger partial charge >= 0.3 is 0 Å². The minimum Gasteiger partial charge on any atom is -0.492 e. The largest absolute Gasteiger partial charge is 0.492 e. The number of ether oxygens (including phenoxy) is 1. The first-order valence-electron chi connectivity index (χ1n) is 5.69. The van der Waals surface area contributed by atoms with Gasteiger partial charge in [-0.2, -0.15) is 9.97 Å². The number of aliphatic hydroxyl groups is 1. The predicted octanol–water partition coefficient (Wildman–Crippen LogP) is -0.268. The summed E-state index contributed by atoms with van der Waals surface area (Å²) < 4.78 is 20.6. The van der Waals surface area contributed by atoms with E-state index in [1.165, 1.54) is 10.9 Å². The second-order valence-electron chi connectivity index (χ2n) is 4.31. The van der Waals surface area contributed by atoms with Crippen molar-refractivity contribution < 1.29 is 19.3 Å². The molecule has 2 aromatic heterocycles. The highest BCUT2D eigenvalue weighted by Crippen LogP contribution is 2.34. The van der Waals surface area contributed by atoms with Crippen LogP contribution < -0.4 is 5.73 Å². The average molecular weight is 269 g/mol. The van der Waals surface area contributed by atoms with Gasteiger partial charge < -0.3 is 20.7 Å². The fourth-order valence-electron chi connectivity index (χ4n) is 2.17. The number of nitrogens with two attached hydrogens (primary N) is 1. The van der Waals surface area contributed by atoms with Gasteiger partial charge in [0.15, 0.2) is 17.4 Å². The molecule has 0 spiro atoms. The van der Waals surface area contributed by atoms with Crippen LogP contribution in [0.3, 0.4) is 0 Å². The molecule has 1 fully saturated rings. The number of imidazole rings is 1. The van der Waals surface area contributed by atoms with E-state index in [4.69, 9.17) is 15.6 Å². The molecule has 1 saturated heterocycles. The molecule has 0 aromatic carbocycles. The van der Waals surface area contributed by atoms with Crippen molar-refractivity contribution in [3.05, 3.63) is 6.33 Å². The van der Waals surface area contributed by atoms with Gasteiger partial charge in [0.2, 0.25) is 11.8 Å². The lowest BCUT2D eigenvalue weighted by Crippen LogP contribution is -2.17. The van der Waals surface area contributed by atoms with Gasteiger partial charge in [0.1, 0.15) is 6.17 Å². The van der Waals surface area contributed by atoms with Crippen molar-refractivity contribution in [3.63, 3.8) is 0 Å². The maximum atomic E-state index is 13.9. The minimum absolute atomic E-state index is 0.0907. The molecule has 0 amide bonds. The van der Waals surface area contributed by atoms with Crippen molar-refractivity contribution in [3.8, 4) is 5.88 Å². The predicted molar refractivity (Wildman–Crippen MR) is 61.9 cm³/mol. The van der Waals surface area contributed by atoms with E-state index in [0.717, 1.165) is 0 Å². The summed E-state index contributed by atoms with van der Waals surface area (Å²) in [6.45, 7) is -0.258. The summed E-state index contributed by atoms with van der Waals surface area (Å²) in [6.07, 6.45) is -1.42. The maximum Gasteiger partial charge on any atom is 0.244 e. The molecule has 3 heterocycles. The second-order valence-corrected chi connectivity index (χ2v) is 4.31. The lowest BCUT2D eigenvalue weighted by Gasteiger charge is -2.15. The Morgan fingerprint density at radius 3 is 3.00 bits per heavy atom. The molecule has 0 bridgehead atoms. The van der Waals surface area contributed by atoms with Crippen molar-refractivity contribution in [1.29, 1.82) is 0 Å². The summed E-state index contributed by atoms with van der Waals surface area (Å²) in [7, 11) is 0. The highest BCUT2D eigenvalue weighted by molar-refractivity contribution is 5.77. The number of anilines is 1. The Balaban J connectivity index is 2.06. The summed E-state index contributed by atoms with van der Waals surface area (Å²) in [4.78, 5) is 11.4. The number of alkyl halides is 1. The Morgan fingerprint density at radius 1 is 1.53 bits per heavy atom. The van der Waals surface area contributed by atoms with Crippen molar-refractivity contribution in [1.82, 2.24) is 19.5 Å². The number of aromatic hydroxyl groups is 1. The van der Waals surface area contributed by atoms with Gasteiger partial charge in [-0.15, -0.1) is 0 Å². The first kappa shape index (κ1) is 12.1. The topological polar surface area (TPSA) is 119 Å². The monoisotopic (exact) mass is 269 g/mol. The maximum absolute atomic E-state index is 13.9. The van der Waals surface area contributed by atoms with Crippen LogP contribution in [0.1, 0.15) is 12.6 Å². The van der Waals surface area contributed by atoms with E-state index in [2.05, 4.69) is 15.0 Å². The van der Waals surface area contributed by atoms with Gasteiger partial charge in [0.05, 0.1) is 19.0 Å². The lowest BCUT2D eigenvalue weighted by atomic mass is 10.2. The van der Waals surface area contributed by atoms with Crippen LogP contribution in [0.2, 0.25) is 0 Å². The third kappa shape index (κ3) is 1.87. The molecule has 2 aromatic rings. The third-order valence-corrected chi connectivity index (χ3v) is 3.03. The van der Waals surface area contributed by atoms with Crippen molar-refractivity contribution in [2.24, 2.45) is 0 Å². The zero-order valence-corrected chi connectivity index (χ0v) is 9.77. The Morgan fingerprint density at radius 2 is 2.32 bits per heavy atom. The normalized spacial score (nSPS) is 27.2. The van der Waals surface area contributed by atoms with Crippen LogP contribution in [-0.4, -0.2) is 48.6 Å². The number of nitrogen functional groups attached to an aromatic ring is 1. The highest BCUT2D eigenvalue weighted by Gasteiger charge is 2.37. The van der Waals surface area contributed by atoms with Gasteiger partial charge in [-0.25, -0.2) is 9.37 Å². The molecule has 102 valence electrons. The van der Waals surface area contributed by atoms with E-state index in [-0.39, 0.29) is 36.0 Å². The van der Waals surface area contributed by atoms with Crippen molar-refractivity contribution >= 4 is 17.1 Å². The van der Waals surface area contributed by atoms with Gasteiger partial charge in [0.25, 0.3) is 0 Å². The first-order valence-corrected chi connectivity index (χ1v) is 5.69. The smallest absolute Gasteiger partial charge is 0.244 e. The summed E-state index contributed by atoms with van der Waals surface area (Å²) in [6, 6.07) is 0. The molecule has 3 rings (SSSR count). The SMILES string of the molecule is Nc1nc(O)c2ncn([C@@H]3O[C@H](CO)C[C@@H]3F)c2n1. The number of hydrogen-bond acceptors (Lipinski definition) is 7. The van der Waals surface area contributed by atoms with E-state index < -0.39 is 18.5 Å². The fraction of sp³-hybridized carbons (Fsp3) is 0.500. The molecule has 1 aliphatic rings. The second kappa shape index (κ2) is 4.28. The van der Waals surface area contributed by atoms with Crippen LogP contribution in [0.5, 0.6) is 5.88 Å². The Bertz CT molecular complexity index is 618. The van der Waals surface area contributed by atoms with Crippen LogP contribution in [-0.2, 0) is 4.74 Å². The van der Waals surface area contributed by atoms with Crippen molar-refractivity contribution in [2.75, 3.05) is 12.3 Å². The van der Waals surface area contributed by atoms with Gasteiger partial charge in [-0.3, -0.25) is 4.57 Å². The molecule has 0 unspecified atom stereocenters. The van der Waals surface area contributed by atoms with Gasteiger partial charge in [-0.1, -0.05) is 0 Å². The number of hydrogen-bond donors (Lipinski definition) is 3. The fourth-order valence-corrected chi connectivity index (χ4v) is 2.17. The third-order valence-electron chi connectivity index (χ3n) is 3.03. The molecular formula is C10H12FN5O3. The summed E-state index contributed by atoms with van der Waals surface area (Å²) in [5.74, 6) is -0.507. The first-order chi connectivity index (χ1) is 9.10. The van der Waals surface area contributed by atoms with Gasteiger partial charge in [0, 0.05) is 6.42 Å². The summed E-state index contributed by atoms with van der Waals surface area (Å²) >= 11 is 0. The number of nitrogens with zero attached hydrogens (tertiary/aromatic N) is 4.